The van der Waals surface area contributed by atoms with Gasteiger partial charge < -0.3 is 15.2 Å². The van der Waals surface area contributed by atoms with Crippen LogP contribution in [0.5, 0.6) is 0 Å². The van der Waals surface area contributed by atoms with Crippen LogP contribution < -0.4 is 5.32 Å². The summed E-state index contributed by atoms with van der Waals surface area (Å²) in [6.07, 6.45) is 4.28. The van der Waals surface area contributed by atoms with E-state index in [-0.39, 0.29) is 28.9 Å². The number of aromatic amines is 1. The van der Waals surface area contributed by atoms with Crippen LogP contribution in [-0.2, 0) is 14.8 Å². The van der Waals surface area contributed by atoms with Gasteiger partial charge in [-0.15, -0.1) is 0 Å². The highest BCUT2D eigenvalue weighted by molar-refractivity contribution is 7.89. The van der Waals surface area contributed by atoms with Gasteiger partial charge in [-0.25, -0.2) is 12.8 Å². The topological polar surface area (TPSA) is 103 Å². The maximum Gasteiger partial charge on any atom is 0.270 e. The van der Waals surface area contributed by atoms with Gasteiger partial charge in [0, 0.05) is 38.1 Å². The van der Waals surface area contributed by atoms with Gasteiger partial charge in [-0.3, -0.25) is 9.59 Å². The fraction of sp³-hybridized carbons (Fsp3) is 0.478. The number of aromatic nitrogens is 1. The number of nitrogens with one attached hydrogen (secondary N) is 2. The number of carbonyl (C=O) groups is 2. The van der Waals surface area contributed by atoms with E-state index in [4.69, 9.17) is 0 Å². The number of rotatable bonds is 5. The van der Waals surface area contributed by atoms with Gasteiger partial charge in [0.1, 0.15) is 16.4 Å². The summed E-state index contributed by atoms with van der Waals surface area (Å²) in [5.41, 5.74) is 0.585. The van der Waals surface area contributed by atoms with Crippen LogP contribution in [0.15, 0.2) is 41.4 Å². The Labute approximate surface area is 193 Å². The van der Waals surface area contributed by atoms with Gasteiger partial charge >= 0.3 is 0 Å². The van der Waals surface area contributed by atoms with E-state index < -0.39 is 21.8 Å². The molecule has 1 atom stereocenters. The van der Waals surface area contributed by atoms with Crippen molar-refractivity contribution in [2.75, 3.05) is 31.5 Å². The lowest BCUT2D eigenvalue weighted by molar-refractivity contribution is -0.120. The average Bonchev–Trinajstić information content (AvgIpc) is 3.30. The number of hydrogen-bond donors (Lipinski definition) is 2. The number of piperidine rings is 2. The summed E-state index contributed by atoms with van der Waals surface area (Å²) in [6, 6.07) is 6.96. The van der Waals surface area contributed by atoms with Crippen molar-refractivity contribution < 1.29 is 22.4 Å². The molecule has 4 rings (SSSR count). The van der Waals surface area contributed by atoms with E-state index in [1.165, 1.54) is 34.8 Å². The molecule has 2 saturated heterocycles. The molecule has 8 nitrogen and oxygen atoms in total. The van der Waals surface area contributed by atoms with Crippen molar-refractivity contribution in [3.8, 4) is 0 Å². The first-order valence-electron chi connectivity index (χ1n) is 11.3. The molecule has 0 bridgehead atoms. The minimum atomic E-state index is -3.87. The Hall–Kier alpha value is -2.72. The van der Waals surface area contributed by atoms with Crippen LogP contribution in [0.1, 0.15) is 43.1 Å². The zero-order valence-electron chi connectivity index (χ0n) is 18.6. The highest BCUT2D eigenvalue weighted by Gasteiger charge is 2.34. The van der Waals surface area contributed by atoms with Crippen LogP contribution in [0.4, 0.5) is 10.1 Å². The largest absolute Gasteiger partial charge is 0.356 e. The predicted molar refractivity (Wildman–Crippen MR) is 122 cm³/mol. The molecule has 2 fully saturated rings. The number of carbonyl (C=O) groups excluding carboxylic acids is 2. The molecule has 2 aromatic rings. The van der Waals surface area contributed by atoms with E-state index in [0.29, 0.717) is 44.1 Å². The summed E-state index contributed by atoms with van der Waals surface area (Å²) in [4.78, 5) is 30.0. The summed E-state index contributed by atoms with van der Waals surface area (Å²) < 4.78 is 41.1. The highest BCUT2D eigenvalue weighted by Crippen LogP contribution is 2.26. The second kappa shape index (κ2) is 9.64. The van der Waals surface area contributed by atoms with Crippen molar-refractivity contribution in [1.82, 2.24) is 14.2 Å². The average molecular weight is 477 g/mol. The first kappa shape index (κ1) is 23.4. The number of hydrogen-bond acceptors (Lipinski definition) is 4. The van der Waals surface area contributed by atoms with Gasteiger partial charge in [0.15, 0.2) is 0 Å². The monoisotopic (exact) mass is 476 g/mol. The van der Waals surface area contributed by atoms with Crippen molar-refractivity contribution in [3.63, 3.8) is 0 Å². The molecule has 178 valence electrons. The van der Waals surface area contributed by atoms with Crippen molar-refractivity contribution in [2.24, 2.45) is 11.8 Å². The lowest BCUT2D eigenvalue weighted by Gasteiger charge is -2.31. The van der Waals surface area contributed by atoms with E-state index in [0.717, 1.165) is 12.8 Å². The van der Waals surface area contributed by atoms with Gasteiger partial charge in [0.2, 0.25) is 15.9 Å². The fourth-order valence-electron chi connectivity index (χ4n) is 4.36. The molecule has 2 aliphatic heterocycles. The minimum Gasteiger partial charge on any atom is -0.356 e. The van der Waals surface area contributed by atoms with Crippen molar-refractivity contribution in [1.29, 1.82) is 0 Å². The molecule has 2 amide bonds. The molecule has 0 saturated carbocycles. The third kappa shape index (κ3) is 5.27. The van der Waals surface area contributed by atoms with E-state index in [1.54, 1.807) is 11.0 Å². The SMILES string of the molecule is CC1CCN(C(=O)c2cc(S(=O)(=O)N3CCCC(C(=O)Nc4cccc(F)c4)C3)c[nH]2)CC1. The Bertz CT molecular complexity index is 1120. The summed E-state index contributed by atoms with van der Waals surface area (Å²) in [7, 11) is -3.87. The molecular formula is C23H29FN4O4S. The van der Waals surface area contributed by atoms with Crippen LogP contribution in [0, 0.1) is 17.7 Å². The molecule has 1 unspecified atom stereocenters. The number of halogens is 1. The van der Waals surface area contributed by atoms with Gasteiger partial charge in [-0.1, -0.05) is 13.0 Å². The number of amides is 2. The number of benzene rings is 1. The Morgan fingerprint density at radius 2 is 1.88 bits per heavy atom. The summed E-state index contributed by atoms with van der Waals surface area (Å²) in [5, 5.41) is 2.67. The molecule has 10 heteroatoms. The molecule has 1 aromatic heterocycles. The molecule has 0 aliphatic carbocycles. The number of H-pyrrole nitrogens is 1. The van der Waals surface area contributed by atoms with Crippen LogP contribution in [-0.4, -0.2) is 60.6 Å². The van der Waals surface area contributed by atoms with E-state index in [2.05, 4.69) is 17.2 Å². The van der Waals surface area contributed by atoms with Crippen molar-refractivity contribution in [3.05, 3.63) is 48.0 Å². The number of likely N-dealkylation sites (tertiary alicyclic amines) is 1. The Morgan fingerprint density at radius 3 is 2.61 bits per heavy atom. The van der Waals surface area contributed by atoms with Gasteiger partial charge in [0.05, 0.1) is 5.92 Å². The molecule has 2 aliphatic rings. The number of anilines is 1. The Morgan fingerprint density at radius 1 is 1.12 bits per heavy atom. The molecule has 0 spiro atoms. The molecular weight excluding hydrogens is 447 g/mol. The molecule has 2 N–H and O–H groups in total. The second-order valence-corrected chi connectivity index (χ2v) is 10.9. The first-order valence-corrected chi connectivity index (χ1v) is 12.7. The van der Waals surface area contributed by atoms with Crippen molar-refractivity contribution >= 4 is 27.5 Å². The van der Waals surface area contributed by atoms with Gasteiger partial charge in [-0.2, -0.15) is 4.31 Å². The first-order chi connectivity index (χ1) is 15.7. The normalized spacial score (nSPS) is 20.5. The maximum atomic E-state index is 13.4. The van der Waals surface area contributed by atoms with Crippen LogP contribution in [0.3, 0.4) is 0 Å². The van der Waals surface area contributed by atoms with Crippen LogP contribution in [0.25, 0.3) is 0 Å². The second-order valence-electron chi connectivity index (χ2n) is 8.93. The van der Waals surface area contributed by atoms with Gasteiger partial charge in [-0.05, 0) is 55.9 Å². The third-order valence-electron chi connectivity index (χ3n) is 6.44. The molecule has 3 heterocycles. The highest BCUT2D eigenvalue weighted by atomic mass is 32.2. The van der Waals surface area contributed by atoms with Gasteiger partial charge in [0.25, 0.3) is 5.91 Å². The Balaban J connectivity index is 1.43. The minimum absolute atomic E-state index is 0.0161. The van der Waals surface area contributed by atoms with Crippen LogP contribution in [0.2, 0.25) is 0 Å². The zero-order chi connectivity index (χ0) is 23.6. The molecule has 1 aromatic carbocycles. The number of nitrogens with zero attached hydrogens (tertiary/aromatic N) is 2. The molecule has 0 radical (unpaired) electrons. The van der Waals surface area contributed by atoms with E-state index >= 15 is 0 Å². The summed E-state index contributed by atoms with van der Waals surface area (Å²) in [5.74, 6) is -0.970. The summed E-state index contributed by atoms with van der Waals surface area (Å²) >= 11 is 0. The smallest absolute Gasteiger partial charge is 0.270 e. The summed E-state index contributed by atoms with van der Waals surface area (Å²) in [6.45, 7) is 3.81. The zero-order valence-corrected chi connectivity index (χ0v) is 19.4. The lowest BCUT2D eigenvalue weighted by Crippen LogP contribution is -2.43. The standard InChI is InChI=1S/C23H29FN4O4S/c1-16-7-10-27(11-8-16)23(30)21-13-20(14-25-21)33(31,32)28-9-3-4-17(15-28)22(29)26-19-6-2-5-18(24)12-19/h2,5-6,12-14,16-17,25H,3-4,7-11,15H2,1H3,(H,26,29). The lowest BCUT2D eigenvalue weighted by atomic mass is 9.99. The maximum absolute atomic E-state index is 13.4. The van der Waals surface area contributed by atoms with E-state index in [1.807, 2.05) is 0 Å². The van der Waals surface area contributed by atoms with E-state index in [9.17, 15) is 22.4 Å². The third-order valence-corrected chi connectivity index (χ3v) is 8.29. The quantitative estimate of drug-likeness (QED) is 0.692. The Kier molecular flexibility index (Phi) is 6.85. The molecule has 33 heavy (non-hydrogen) atoms. The van der Waals surface area contributed by atoms with Crippen molar-refractivity contribution in [2.45, 2.75) is 37.5 Å². The number of sulfonamides is 1. The predicted octanol–water partition coefficient (Wildman–Crippen LogP) is 3.07. The van der Waals surface area contributed by atoms with Crippen LogP contribution >= 0.6 is 0 Å². The fourth-order valence-corrected chi connectivity index (χ4v) is 5.88.